The van der Waals surface area contributed by atoms with E-state index in [0.29, 0.717) is 6.10 Å². The summed E-state index contributed by atoms with van der Waals surface area (Å²) in [5, 5.41) is 0. The molecular formula is C8H16OSi. The van der Waals surface area contributed by atoms with Gasteiger partial charge in [0.15, 0.2) is 0 Å². The average molecular weight is 156 g/mol. The van der Waals surface area contributed by atoms with Crippen LogP contribution in [-0.4, -0.2) is 14.4 Å². The van der Waals surface area contributed by atoms with Gasteiger partial charge in [-0.05, 0) is 25.9 Å². The monoisotopic (exact) mass is 156 g/mol. The normalized spacial score (nSPS) is 41.2. The van der Waals surface area contributed by atoms with Gasteiger partial charge in [0, 0.05) is 6.10 Å². The van der Waals surface area contributed by atoms with Crippen LogP contribution in [0.1, 0.15) is 19.8 Å². The molecule has 2 heteroatoms. The lowest BCUT2D eigenvalue weighted by molar-refractivity contribution is 0.182. The van der Waals surface area contributed by atoms with Crippen LogP contribution in [0.4, 0.5) is 0 Å². The minimum absolute atomic E-state index is 0.475. The van der Waals surface area contributed by atoms with E-state index in [0.717, 1.165) is 0 Å². The molecule has 1 rings (SSSR count). The van der Waals surface area contributed by atoms with Crippen LogP contribution in [0.15, 0.2) is 12.3 Å². The van der Waals surface area contributed by atoms with Crippen molar-refractivity contribution in [3.8, 4) is 0 Å². The Hall–Kier alpha value is -0.0831. The molecule has 1 aliphatic rings. The average Bonchev–Trinajstić information content (AvgIpc) is 1.88. The van der Waals surface area contributed by atoms with Crippen molar-refractivity contribution in [1.29, 1.82) is 0 Å². The molecule has 1 heterocycles. The first kappa shape index (κ1) is 8.02. The zero-order chi connectivity index (χ0) is 7.61. The molecule has 0 amide bonds. The second-order valence-corrected chi connectivity index (χ2v) is 7.11. The van der Waals surface area contributed by atoms with Gasteiger partial charge in [-0.15, -0.1) is 6.58 Å². The van der Waals surface area contributed by atoms with Crippen molar-refractivity contribution in [3.63, 3.8) is 0 Å². The fraction of sp³-hybridized carbons (Fsp3) is 0.750. The first-order valence-corrected chi connectivity index (χ1v) is 6.67. The summed E-state index contributed by atoms with van der Waals surface area (Å²) in [4.78, 5) is 0. The third-order valence-electron chi connectivity index (χ3n) is 2.19. The fourth-order valence-corrected chi connectivity index (χ4v) is 3.83. The molecule has 0 N–H and O–H groups in total. The summed E-state index contributed by atoms with van der Waals surface area (Å²) in [6.07, 6.45) is 3.04. The van der Waals surface area contributed by atoms with Crippen LogP contribution in [0.25, 0.3) is 0 Å². The minimum atomic E-state index is -1.41. The second-order valence-electron chi connectivity index (χ2n) is 3.34. The SMILES string of the molecule is C=C[Si]1(C)CCCC(C)O1. The summed E-state index contributed by atoms with van der Waals surface area (Å²) in [6, 6.07) is 1.26. The highest BCUT2D eigenvalue weighted by Crippen LogP contribution is 2.25. The summed E-state index contributed by atoms with van der Waals surface area (Å²) >= 11 is 0. The van der Waals surface area contributed by atoms with Crippen molar-refractivity contribution in [1.82, 2.24) is 0 Å². The molecule has 1 nitrogen and oxygen atoms in total. The zero-order valence-corrected chi connectivity index (χ0v) is 7.89. The van der Waals surface area contributed by atoms with E-state index in [1.165, 1.54) is 18.9 Å². The van der Waals surface area contributed by atoms with Gasteiger partial charge in [0.1, 0.15) is 0 Å². The lowest BCUT2D eigenvalue weighted by Gasteiger charge is -2.32. The highest BCUT2D eigenvalue weighted by molar-refractivity contribution is 6.77. The second kappa shape index (κ2) is 2.89. The molecule has 0 bridgehead atoms. The molecule has 0 radical (unpaired) electrons. The number of hydrogen-bond donors (Lipinski definition) is 0. The quantitative estimate of drug-likeness (QED) is 0.530. The van der Waals surface area contributed by atoms with E-state index in [-0.39, 0.29) is 0 Å². The molecule has 0 aromatic heterocycles. The third kappa shape index (κ3) is 1.70. The van der Waals surface area contributed by atoms with Gasteiger partial charge in [-0.1, -0.05) is 12.1 Å². The van der Waals surface area contributed by atoms with Gasteiger partial charge in [-0.25, -0.2) is 0 Å². The molecule has 1 saturated heterocycles. The lowest BCUT2D eigenvalue weighted by atomic mass is 10.2. The van der Waals surface area contributed by atoms with Crippen molar-refractivity contribution < 1.29 is 4.43 Å². The maximum atomic E-state index is 5.84. The smallest absolute Gasteiger partial charge is 0.213 e. The zero-order valence-electron chi connectivity index (χ0n) is 6.89. The molecule has 2 unspecified atom stereocenters. The molecule has 0 aromatic carbocycles. The van der Waals surface area contributed by atoms with Gasteiger partial charge < -0.3 is 4.43 Å². The molecule has 0 aliphatic carbocycles. The van der Waals surface area contributed by atoms with E-state index in [9.17, 15) is 0 Å². The summed E-state index contributed by atoms with van der Waals surface area (Å²) < 4.78 is 5.84. The van der Waals surface area contributed by atoms with Crippen LogP contribution in [-0.2, 0) is 4.43 Å². The Morgan fingerprint density at radius 3 is 2.80 bits per heavy atom. The van der Waals surface area contributed by atoms with Crippen LogP contribution in [0, 0.1) is 0 Å². The molecule has 58 valence electrons. The molecule has 10 heavy (non-hydrogen) atoms. The fourth-order valence-electron chi connectivity index (χ4n) is 1.47. The predicted octanol–water partition coefficient (Wildman–Crippen LogP) is 2.49. The Morgan fingerprint density at radius 1 is 1.70 bits per heavy atom. The Balaban J connectivity index is 2.53. The number of hydrogen-bond acceptors (Lipinski definition) is 1. The van der Waals surface area contributed by atoms with Crippen LogP contribution in [0.3, 0.4) is 0 Å². The molecule has 0 spiro atoms. The molecular weight excluding hydrogens is 140 g/mol. The Bertz CT molecular complexity index is 135. The first-order valence-electron chi connectivity index (χ1n) is 3.98. The van der Waals surface area contributed by atoms with Crippen molar-refractivity contribution >= 4 is 8.32 Å². The van der Waals surface area contributed by atoms with Crippen molar-refractivity contribution in [2.45, 2.75) is 38.5 Å². The molecule has 0 aromatic rings. The standard InChI is InChI=1S/C8H16OSi/c1-4-10(3)7-5-6-8(2)9-10/h4,8H,1,5-7H2,2-3H3. The van der Waals surface area contributed by atoms with E-state index in [2.05, 4.69) is 25.7 Å². The summed E-state index contributed by atoms with van der Waals surface area (Å²) in [5.74, 6) is 0. The Morgan fingerprint density at radius 2 is 2.40 bits per heavy atom. The topological polar surface area (TPSA) is 9.23 Å². The Kier molecular flexibility index (Phi) is 2.31. The maximum absolute atomic E-state index is 5.84. The van der Waals surface area contributed by atoms with Crippen LogP contribution in [0.2, 0.25) is 12.6 Å². The van der Waals surface area contributed by atoms with Gasteiger partial charge in [-0.3, -0.25) is 0 Å². The van der Waals surface area contributed by atoms with Gasteiger partial charge in [-0.2, -0.15) is 0 Å². The summed E-state index contributed by atoms with van der Waals surface area (Å²) in [5.41, 5.74) is 2.06. The van der Waals surface area contributed by atoms with Crippen molar-refractivity contribution in [2.24, 2.45) is 0 Å². The maximum Gasteiger partial charge on any atom is 0.213 e. The van der Waals surface area contributed by atoms with Crippen molar-refractivity contribution in [2.75, 3.05) is 0 Å². The van der Waals surface area contributed by atoms with E-state index >= 15 is 0 Å². The summed E-state index contributed by atoms with van der Waals surface area (Å²) in [6.45, 7) is 8.23. The molecule has 0 saturated carbocycles. The van der Waals surface area contributed by atoms with E-state index < -0.39 is 8.32 Å². The van der Waals surface area contributed by atoms with Gasteiger partial charge in [0.05, 0.1) is 0 Å². The largest absolute Gasteiger partial charge is 0.411 e. The molecule has 1 fully saturated rings. The highest BCUT2D eigenvalue weighted by atomic mass is 28.4. The van der Waals surface area contributed by atoms with Gasteiger partial charge >= 0.3 is 0 Å². The molecule has 1 aliphatic heterocycles. The van der Waals surface area contributed by atoms with Crippen LogP contribution >= 0.6 is 0 Å². The highest BCUT2D eigenvalue weighted by Gasteiger charge is 2.30. The first-order chi connectivity index (χ1) is 4.66. The van der Waals surface area contributed by atoms with E-state index in [4.69, 9.17) is 4.43 Å². The van der Waals surface area contributed by atoms with Crippen LogP contribution in [0.5, 0.6) is 0 Å². The third-order valence-corrected chi connectivity index (χ3v) is 5.34. The summed E-state index contributed by atoms with van der Waals surface area (Å²) in [7, 11) is -1.41. The molecule has 2 atom stereocenters. The Labute approximate surface area is 64.2 Å². The lowest BCUT2D eigenvalue weighted by Crippen LogP contribution is -2.39. The number of rotatable bonds is 1. The van der Waals surface area contributed by atoms with E-state index in [1.54, 1.807) is 0 Å². The predicted molar refractivity (Wildman–Crippen MR) is 46.4 cm³/mol. The van der Waals surface area contributed by atoms with Crippen LogP contribution < -0.4 is 0 Å². The van der Waals surface area contributed by atoms with E-state index in [1.807, 2.05) is 0 Å². The van der Waals surface area contributed by atoms with Gasteiger partial charge in [0.2, 0.25) is 8.32 Å². The van der Waals surface area contributed by atoms with Crippen molar-refractivity contribution in [3.05, 3.63) is 12.3 Å². The van der Waals surface area contributed by atoms with Gasteiger partial charge in [0.25, 0.3) is 0 Å². The minimum Gasteiger partial charge on any atom is -0.411 e.